The maximum absolute atomic E-state index is 12.8. The van der Waals surface area contributed by atoms with Gasteiger partial charge in [0.1, 0.15) is 11.4 Å². The fraction of sp³-hybridized carbons (Fsp3) is 0.280. The minimum absolute atomic E-state index is 0.0225. The molecule has 1 saturated heterocycles. The fourth-order valence-electron chi connectivity index (χ4n) is 4.36. The van der Waals surface area contributed by atoms with E-state index in [4.69, 9.17) is 9.72 Å². The first-order valence-corrected chi connectivity index (χ1v) is 11.1. The number of para-hydroxylation sites is 1. The van der Waals surface area contributed by atoms with Crippen LogP contribution >= 0.6 is 0 Å². The molecular formula is C25H26N6O2. The van der Waals surface area contributed by atoms with Crippen molar-refractivity contribution in [1.29, 1.82) is 0 Å². The summed E-state index contributed by atoms with van der Waals surface area (Å²) in [5, 5.41) is 11.8. The van der Waals surface area contributed by atoms with Gasteiger partial charge in [-0.15, -0.1) is 0 Å². The number of likely N-dealkylation sites (tertiary alicyclic amines) is 1. The molecule has 1 unspecified atom stereocenters. The number of aromatic nitrogens is 4. The van der Waals surface area contributed by atoms with Crippen LogP contribution in [-0.4, -0.2) is 51.2 Å². The highest BCUT2D eigenvalue weighted by Crippen LogP contribution is 2.29. The zero-order valence-electron chi connectivity index (χ0n) is 18.5. The second-order valence-corrected chi connectivity index (χ2v) is 8.18. The standard InChI is InChI=1S/C25H26N6O2/c1-33-22-10-3-2-7-17(22)15-27-23-19-11-12-20(28-24(19)30-29-23)18-8-6-14-31(16-18)25(32)21-9-4-5-13-26-21/h2-5,7,9-13,18H,6,8,14-16H2,1H3,(H2,27,28,29,30). The number of hydrogen-bond acceptors (Lipinski definition) is 6. The number of amides is 1. The first-order chi connectivity index (χ1) is 16.2. The monoisotopic (exact) mass is 442 g/mol. The minimum atomic E-state index is -0.0225. The Bertz CT molecular complexity index is 1260. The number of anilines is 1. The molecule has 1 aliphatic rings. The highest BCUT2D eigenvalue weighted by molar-refractivity contribution is 5.92. The molecule has 4 heterocycles. The number of aromatic amines is 1. The molecule has 1 aromatic carbocycles. The van der Waals surface area contributed by atoms with E-state index >= 15 is 0 Å². The van der Waals surface area contributed by atoms with Crippen molar-refractivity contribution >= 4 is 22.8 Å². The highest BCUT2D eigenvalue weighted by Gasteiger charge is 2.27. The van der Waals surface area contributed by atoms with Gasteiger partial charge in [-0.1, -0.05) is 24.3 Å². The van der Waals surface area contributed by atoms with E-state index in [0.29, 0.717) is 18.8 Å². The average Bonchev–Trinajstić information content (AvgIpc) is 3.30. The first-order valence-electron chi connectivity index (χ1n) is 11.1. The Hall–Kier alpha value is -3.94. The van der Waals surface area contributed by atoms with Crippen LogP contribution < -0.4 is 10.1 Å². The molecule has 5 rings (SSSR count). The smallest absolute Gasteiger partial charge is 0.272 e. The predicted octanol–water partition coefficient (Wildman–Crippen LogP) is 3.99. The molecule has 4 aromatic rings. The molecule has 3 aromatic heterocycles. The molecular weight excluding hydrogens is 416 g/mol. The molecule has 0 radical (unpaired) electrons. The van der Waals surface area contributed by atoms with Crippen LogP contribution in [0.2, 0.25) is 0 Å². The van der Waals surface area contributed by atoms with E-state index in [9.17, 15) is 4.79 Å². The van der Waals surface area contributed by atoms with E-state index in [2.05, 4.69) is 20.5 Å². The van der Waals surface area contributed by atoms with E-state index in [1.807, 2.05) is 53.4 Å². The summed E-state index contributed by atoms with van der Waals surface area (Å²) in [5.74, 6) is 1.76. The van der Waals surface area contributed by atoms with Gasteiger partial charge >= 0.3 is 0 Å². The van der Waals surface area contributed by atoms with Crippen molar-refractivity contribution in [2.45, 2.75) is 25.3 Å². The van der Waals surface area contributed by atoms with Crippen molar-refractivity contribution in [3.63, 3.8) is 0 Å². The summed E-state index contributed by atoms with van der Waals surface area (Å²) >= 11 is 0. The zero-order valence-corrected chi connectivity index (χ0v) is 18.5. The molecule has 2 N–H and O–H groups in total. The van der Waals surface area contributed by atoms with Crippen LogP contribution in [-0.2, 0) is 6.54 Å². The van der Waals surface area contributed by atoms with Crippen LogP contribution in [0.4, 0.5) is 5.82 Å². The van der Waals surface area contributed by atoms with Gasteiger partial charge in [-0.25, -0.2) is 4.98 Å². The van der Waals surface area contributed by atoms with Gasteiger partial charge in [-0.05, 0) is 43.2 Å². The zero-order chi connectivity index (χ0) is 22.6. The predicted molar refractivity (Wildman–Crippen MR) is 126 cm³/mol. The van der Waals surface area contributed by atoms with Crippen LogP contribution in [0.5, 0.6) is 5.75 Å². The largest absolute Gasteiger partial charge is 0.496 e. The fourth-order valence-corrected chi connectivity index (χ4v) is 4.36. The molecule has 1 aliphatic heterocycles. The molecule has 168 valence electrons. The van der Waals surface area contributed by atoms with E-state index in [1.165, 1.54) is 0 Å². The SMILES string of the molecule is COc1ccccc1CNc1n[nH]c2nc(C3CCCN(C(=O)c4ccccn4)C3)ccc12. The van der Waals surface area contributed by atoms with Gasteiger partial charge in [-0.3, -0.25) is 14.9 Å². The summed E-state index contributed by atoms with van der Waals surface area (Å²) in [5.41, 5.74) is 3.26. The number of hydrogen-bond donors (Lipinski definition) is 2. The second kappa shape index (κ2) is 9.28. The molecule has 0 saturated carbocycles. The van der Waals surface area contributed by atoms with Crippen molar-refractivity contribution < 1.29 is 9.53 Å². The lowest BCUT2D eigenvalue weighted by atomic mass is 9.94. The summed E-state index contributed by atoms with van der Waals surface area (Å²) in [6.45, 7) is 1.98. The Morgan fingerprint density at radius 2 is 2.06 bits per heavy atom. The number of pyridine rings is 2. The van der Waals surface area contributed by atoms with Crippen LogP contribution in [0.3, 0.4) is 0 Å². The highest BCUT2D eigenvalue weighted by atomic mass is 16.5. The number of ether oxygens (including phenoxy) is 1. The van der Waals surface area contributed by atoms with E-state index in [-0.39, 0.29) is 11.8 Å². The number of H-pyrrole nitrogens is 1. The van der Waals surface area contributed by atoms with Crippen LogP contribution in [0, 0.1) is 0 Å². The summed E-state index contributed by atoms with van der Waals surface area (Å²) in [7, 11) is 1.67. The number of benzene rings is 1. The molecule has 1 fully saturated rings. The maximum Gasteiger partial charge on any atom is 0.272 e. The second-order valence-electron chi connectivity index (χ2n) is 8.18. The number of carbonyl (C=O) groups is 1. The summed E-state index contributed by atoms with van der Waals surface area (Å²) in [6, 6.07) is 17.4. The van der Waals surface area contributed by atoms with Crippen molar-refractivity contribution in [1.82, 2.24) is 25.1 Å². The number of methoxy groups -OCH3 is 1. The number of carbonyl (C=O) groups excluding carboxylic acids is 1. The Morgan fingerprint density at radius 1 is 1.18 bits per heavy atom. The number of fused-ring (bicyclic) bond motifs is 1. The normalized spacial score (nSPS) is 16.0. The topological polar surface area (TPSA) is 96.0 Å². The molecule has 0 bridgehead atoms. The molecule has 8 heteroatoms. The molecule has 0 spiro atoms. The van der Waals surface area contributed by atoms with Crippen molar-refractivity contribution in [2.75, 3.05) is 25.5 Å². The van der Waals surface area contributed by atoms with Crippen LogP contribution in [0.15, 0.2) is 60.8 Å². The maximum atomic E-state index is 12.8. The Labute approximate surface area is 192 Å². The van der Waals surface area contributed by atoms with Crippen LogP contribution in [0.25, 0.3) is 11.0 Å². The number of nitrogens with zero attached hydrogens (tertiary/aromatic N) is 4. The Balaban J connectivity index is 1.30. The van der Waals surface area contributed by atoms with Crippen molar-refractivity contribution in [2.24, 2.45) is 0 Å². The molecule has 1 atom stereocenters. The van der Waals surface area contributed by atoms with Gasteiger partial charge in [-0.2, -0.15) is 5.10 Å². The van der Waals surface area contributed by atoms with Gasteiger partial charge in [0, 0.05) is 43.0 Å². The molecule has 1 amide bonds. The van der Waals surface area contributed by atoms with Gasteiger partial charge in [0.15, 0.2) is 11.5 Å². The third kappa shape index (κ3) is 4.37. The lowest BCUT2D eigenvalue weighted by molar-refractivity contribution is 0.0700. The van der Waals surface area contributed by atoms with Crippen molar-refractivity contribution in [3.05, 3.63) is 77.7 Å². The first kappa shape index (κ1) is 20.9. The minimum Gasteiger partial charge on any atom is -0.496 e. The summed E-state index contributed by atoms with van der Waals surface area (Å²) in [6.07, 6.45) is 3.59. The van der Waals surface area contributed by atoms with E-state index in [1.54, 1.807) is 19.4 Å². The van der Waals surface area contributed by atoms with E-state index in [0.717, 1.165) is 53.2 Å². The Kier molecular flexibility index (Phi) is 5.89. The van der Waals surface area contributed by atoms with Crippen molar-refractivity contribution in [3.8, 4) is 5.75 Å². The number of rotatable bonds is 6. The number of nitrogens with one attached hydrogen (secondary N) is 2. The molecule has 0 aliphatic carbocycles. The van der Waals surface area contributed by atoms with Gasteiger partial charge in [0.25, 0.3) is 5.91 Å². The average molecular weight is 443 g/mol. The number of piperidine rings is 1. The molecule has 8 nitrogen and oxygen atoms in total. The summed E-state index contributed by atoms with van der Waals surface area (Å²) < 4.78 is 5.43. The van der Waals surface area contributed by atoms with Gasteiger partial charge < -0.3 is 15.0 Å². The van der Waals surface area contributed by atoms with Crippen LogP contribution in [0.1, 0.15) is 40.5 Å². The lowest BCUT2D eigenvalue weighted by Gasteiger charge is -2.32. The van der Waals surface area contributed by atoms with E-state index < -0.39 is 0 Å². The lowest BCUT2D eigenvalue weighted by Crippen LogP contribution is -2.39. The third-order valence-electron chi connectivity index (χ3n) is 6.10. The quantitative estimate of drug-likeness (QED) is 0.469. The third-order valence-corrected chi connectivity index (χ3v) is 6.10. The van der Waals surface area contributed by atoms with Gasteiger partial charge in [0.2, 0.25) is 0 Å². The molecule has 33 heavy (non-hydrogen) atoms. The Morgan fingerprint density at radius 3 is 2.91 bits per heavy atom. The van der Waals surface area contributed by atoms with Gasteiger partial charge in [0.05, 0.1) is 12.5 Å². The summed E-state index contributed by atoms with van der Waals surface area (Å²) in [4.78, 5) is 23.8.